The van der Waals surface area contributed by atoms with Crippen molar-refractivity contribution in [2.24, 2.45) is 0 Å². The first-order valence-electron chi connectivity index (χ1n) is 9.98. The zero-order valence-corrected chi connectivity index (χ0v) is 17.2. The van der Waals surface area contributed by atoms with E-state index >= 15 is 0 Å². The van der Waals surface area contributed by atoms with Crippen LogP contribution in [-0.2, 0) is 13.1 Å². The first kappa shape index (κ1) is 21.8. The predicted molar refractivity (Wildman–Crippen MR) is 116 cm³/mol. The van der Waals surface area contributed by atoms with Gasteiger partial charge in [-0.1, -0.05) is 30.3 Å². The van der Waals surface area contributed by atoms with Crippen LogP contribution in [0.5, 0.6) is 5.75 Å². The Morgan fingerprint density at radius 2 is 1.77 bits per heavy atom. The number of amides is 2. The molecule has 0 saturated carbocycles. The Bertz CT molecular complexity index is 1100. The van der Waals surface area contributed by atoms with E-state index in [2.05, 4.69) is 15.7 Å². The quantitative estimate of drug-likeness (QED) is 0.551. The highest BCUT2D eigenvalue weighted by molar-refractivity contribution is 5.94. The number of hydrogen-bond donors (Lipinski definition) is 2. The van der Waals surface area contributed by atoms with Gasteiger partial charge in [-0.15, -0.1) is 0 Å². The molecule has 3 aromatic rings. The van der Waals surface area contributed by atoms with Crippen LogP contribution < -0.4 is 20.9 Å². The van der Waals surface area contributed by atoms with Crippen LogP contribution in [0.25, 0.3) is 0 Å². The molecule has 3 rings (SSSR count). The Morgan fingerprint density at radius 1 is 0.968 bits per heavy atom. The van der Waals surface area contributed by atoms with Gasteiger partial charge < -0.3 is 15.4 Å². The van der Waals surface area contributed by atoms with Gasteiger partial charge in [0.2, 0.25) is 0 Å². The first-order valence-corrected chi connectivity index (χ1v) is 9.98. The highest BCUT2D eigenvalue weighted by atomic mass is 16.5. The second-order valence-corrected chi connectivity index (χ2v) is 6.68. The molecule has 0 aliphatic carbocycles. The van der Waals surface area contributed by atoms with Gasteiger partial charge >= 0.3 is 0 Å². The monoisotopic (exact) mass is 420 g/mol. The van der Waals surface area contributed by atoms with Crippen molar-refractivity contribution in [2.75, 3.05) is 13.2 Å². The zero-order valence-electron chi connectivity index (χ0n) is 17.2. The van der Waals surface area contributed by atoms with Gasteiger partial charge in [0.05, 0.1) is 6.54 Å². The number of nitrogens with one attached hydrogen (secondary N) is 2. The highest BCUT2D eigenvalue weighted by Crippen LogP contribution is 2.08. The van der Waals surface area contributed by atoms with E-state index in [1.807, 2.05) is 43.3 Å². The molecule has 0 spiro atoms. The van der Waals surface area contributed by atoms with Crippen molar-refractivity contribution in [3.8, 4) is 5.75 Å². The number of rotatable bonds is 9. The van der Waals surface area contributed by atoms with Crippen LogP contribution >= 0.6 is 0 Å². The standard InChI is InChI=1S/C23H24N4O4/c1-2-24-22(29)18-8-6-7-17(15-18)16-25-23(30)20-11-12-21(28)27(26-20)13-14-31-19-9-4-3-5-10-19/h3-12,15H,2,13-14,16H2,1H3,(H,24,29)(H,25,30). The van der Waals surface area contributed by atoms with Crippen molar-refractivity contribution < 1.29 is 14.3 Å². The summed E-state index contributed by atoms with van der Waals surface area (Å²) in [6, 6.07) is 18.9. The fourth-order valence-electron chi connectivity index (χ4n) is 2.85. The zero-order chi connectivity index (χ0) is 22.1. The van der Waals surface area contributed by atoms with E-state index in [1.54, 1.807) is 18.2 Å². The van der Waals surface area contributed by atoms with E-state index in [4.69, 9.17) is 4.74 Å². The molecule has 160 valence electrons. The summed E-state index contributed by atoms with van der Waals surface area (Å²) in [5.74, 6) is 0.113. The molecular weight excluding hydrogens is 396 g/mol. The van der Waals surface area contributed by atoms with Crippen LogP contribution in [0.15, 0.2) is 71.5 Å². The lowest BCUT2D eigenvalue weighted by molar-refractivity contribution is 0.0940. The smallest absolute Gasteiger partial charge is 0.271 e. The van der Waals surface area contributed by atoms with Crippen LogP contribution in [0.3, 0.4) is 0 Å². The maximum atomic E-state index is 12.5. The predicted octanol–water partition coefficient (Wildman–Crippen LogP) is 2.00. The summed E-state index contributed by atoms with van der Waals surface area (Å²) in [7, 11) is 0. The Morgan fingerprint density at radius 3 is 2.55 bits per heavy atom. The summed E-state index contributed by atoms with van der Waals surface area (Å²) in [6.07, 6.45) is 0. The molecule has 0 aliphatic rings. The van der Waals surface area contributed by atoms with Crippen molar-refractivity contribution >= 4 is 11.8 Å². The van der Waals surface area contributed by atoms with Crippen molar-refractivity contribution in [1.29, 1.82) is 0 Å². The van der Waals surface area contributed by atoms with Gasteiger partial charge in [0.15, 0.2) is 0 Å². The van der Waals surface area contributed by atoms with E-state index in [0.29, 0.717) is 17.9 Å². The van der Waals surface area contributed by atoms with Crippen molar-refractivity contribution in [3.63, 3.8) is 0 Å². The largest absolute Gasteiger partial charge is 0.492 e. The molecule has 8 nitrogen and oxygen atoms in total. The van der Waals surface area contributed by atoms with Crippen LogP contribution in [0.2, 0.25) is 0 Å². The van der Waals surface area contributed by atoms with Gasteiger partial charge in [-0.25, -0.2) is 4.68 Å². The molecule has 1 aromatic heterocycles. The number of benzene rings is 2. The average Bonchev–Trinajstić information content (AvgIpc) is 2.80. The van der Waals surface area contributed by atoms with Gasteiger partial charge in [0.1, 0.15) is 18.1 Å². The van der Waals surface area contributed by atoms with E-state index in [-0.39, 0.29) is 36.9 Å². The van der Waals surface area contributed by atoms with Gasteiger partial charge in [-0.3, -0.25) is 14.4 Å². The Balaban J connectivity index is 1.59. The van der Waals surface area contributed by atoms with Gasteiger partial charge in [0.25, 0.3) is 17.4 Å². The van der Waals surface area contributed by atoms with E-state index < -0.39 is 5.91 Å². The lowest BCUT2D eigenvalue weighted by Crippen LogP contribution is -2.30. The van der Waals surface area contributed by atoms with Gasteiger partial charge in [-0.05, 0) is 42.8 Å². The summed E-state index contributed by atoms with van der Waals surface area (Å²) < 4.78 is 6.79. The summed E-state index contributed by atoms with van der Waals surface area (Å²) in [6.45, 7) is 3.07. The number of hydrogen-bond acceptors (Lipinski definition) is 5. The fraction of sp³-hybridized carbons (Fsp3) is 0.217. The molecule has 2 aromatic carbocycles. The van der Waals surface area contributed by atoms with Gasteiger partial charge in [0, 0.05) is 24.7 Å². The molecule has 0 radical (unpaired) electrons. The third kappa shape index (κ3) is 6.27. The second-order valence-electron chi connectivity index (χ2n) is 6.68. The molecule has 0 saturated heterocycles. The lowest BCUT2D eigenvalue weighted by Gasteiger charge is -2.10. The molecule has 8 heteroatoms. The molecule has 0 unspecified atom stereocenters. The molecule has 0 bridgehead atoms. The summed E-state index contributed by atoms with van der Waals surface area (Å²) in [5.41, 5.74) is 1.11. The Kier molecular flexibility index (Phi) is 7.53. The SMILES string of the molecule is CCNC(=O)c1cccc(CNC(=O)c2ccc(=O)n(CCOc3ccccc3)n2)c1. The van der Waals surface area contributed by atoms with Crippen LogP contribution in [0.4, 0.5) is 0 Å². The number of carbonyl (C=O) groups excluding carboxylic acids is 2. The molecule has 2 amide bonds. The number of para-hydroxylation sites is 1. The fourth-order valence-corrected chi connectivity index (χ4v) is 2.85. The minimum absolute atomic E-state index is 0.124. The van der Waals surface area contributed by atoms with Gasteiger partial charge in [-0.2, -0.15) is 5.10 Å². The number of carbonyl (C=O) groups is 2. The number of aromatic nitrogens is 2. The minimum Gasteiger partial charge on any atom is -0.492 e. The molecule has 31 heavy (non-hydrogen) atoms. The number of nitrogens with zero attached hydrogens (tertiary/aromatic N) is 2. The highest BCUT2D eigenvalue weighted by Gasteiger charge is 2.11. The van der Waals surface area contributed by atoms with Crippen LogP contribution in [0, 0.1) is 0 Å². The van der Waals surface area contributed by atoms with Crippen molar-refractivity contribution in [3.05, 3.63) is 93.9 Å². The molecular formula is C23H24N4O4. The minimum atomic E-state index is -0.416. The van der Waals surface area contributed by atoms with E-state index in [9.17, 15) is 14.4 Å². The van der Waals surface area contributed by atoms with Crippen LogP contribution in [-0.4, -0.2) is 34.7 Å². The Hall–Kier alpha value is -3.94. The molecule has 0 atom stereocenters. The molecule has 2 N–H and O–H groups in total. The third-order valence-electron chi connectivity index (χ3n) is 4.39. The maximum Gasteiger partial charge on any atom is 0.271 e. The van der Waals surface area contributed by atoms with Crippen LogP contribution in [0.1, 0.15) is 33.3 Å². The van der Waals surface area contributed by atoms with Crippen molar-refractivity contribution in [2.45, 2.75) is 20.0 Å². The number of ether oxygens (including phenoxy) is 1. The molecule has 0 fully saturated rings. The Labute approximate surface area is 179 Å². The van der Waals surface area contributed by atoms with E-state index in [0.717, 1.165) is 5.56 Å². The van der Waals surface area contributed by atoms with Crippen molar-refractivity contribution in [1.82, 2.24) is 20.4 Å². The topological polar surface area (TPSA) is 102 Å². The van der Waals surface area contributed by atoms with E-state index in [1.165, 1.54) is 16.8 Å². The summed E-state index contributed by atoms with van der Waals surface area (Å²) in [4.78, 5) is 36.5. The maximum absolute atomic E-state index is 12.5. The first-order chi connectivity index (χ1) is 15.1. The molecule has 0 aliphatic heterocycles. The third-order valence-corrected chi connectivity index (χ3v) is 4.39. The summed E-state index contributed by atoms with van der Waals surface area (Å²) >= 11 is 0. The second kappa shape index (κ2) is 10.7. The average molecular weight is 420 g/mol. The molecule has 1 heterocycles. The normalized spacial score (nSPS) is 10.4. The lowest BCUT2D eigenvalue weighted by atomic mass is 10.1. The summed E-state index contributed by atoms with van der Waals surface area (Å²) in [5, 5.41) is 9.64.